The highest BCUT2D eigenvalue weighted by molar-refractivity contribution is 5.74. The molecule has 2 rings (SSSR count). The summed E-state index contributed by atoms with van der Waals surface area (Å²) in [5, 5.41) is 12.9. The van der Waals surface area contributed by atoms with Crippen molar-refractivity contribution in [2.75, 3.05) is 11.1 Å². The Morgan fingerprint density at radius 3 is 2.40 bits per heavy atom. The van der Waals surface area contributed by atoms with E-state index in [1.54, 1.807) is 0 Å². The minimum Gasteiger partial charge on any atom is -0.397 e. The Hall–Kier alpha value is -2.77. The van der Waals surface area contributed by atoms with Crippen molar-refractivity contribution in [1.29, 1.82) is 0 Å². The molecule has 0 atom stereocenters. The smallest absolute Gasteiger partial charge is 0.271 e. The summed E-state index contributed by atoms with van der Waals surface area (Å²) in [6.07, 6.45) is 0. The maximum absolute atomic E-state index is 13.5. The van der Waals surface area contributed by atoms with Crippen molar-refractivity contribution in [3.8, 4) is 0 Å². The fourth-order valence-electron chi connectivity index (χ4n) is 1.57. The predicted molar refractivity (Wildman–Crippen MR) is 67.1 cm³/mol. The van der Waals surface area contributed by atoms with Crippen LogP contribution < -0.4 is 11.1 Å². The number of halogens is 3. The fraction of sp³-hybridized carbons (Fsp3) is 0. The molecule has 0 aliphatic rings. The molecule has 8 heteroatoms. The number of hydrogen-bond donors (Lipinski definition) is 2. The third kappa shape index (κ3) is 2.63. The van der Waals surface area contributed by atoms with Crippen LogP contribution >= 0.6 is 0 Å². The first kappa shape index (κ1) is 13.7. The van der Waals surface area contributed by atoms with Gasteiger partial charge < -0.3 is 11.1 Å². The summed E-state index contributed by atoms with van der Waals surface area (Å²) in [6.45, 7) is 0. The number of nitrogen functional groups attached to an aromatic ring is 1. The van der Waals surface area contributed by atoms with Crippen LogP contribution in [-0.2, 0) is 0 Å². The van der Waals surface area contributed by atoms with Crippen LogP contribution in [0.3, 0.4) is 0 Å². The second-order valence-electron chi connectivity index (χ2n) is 3.90. The van der Waals surface area contributed by atoms with Crippen molar-refractivity contribution in [3.05, 3.63) is 57.9 Å². The molecule has 0 unspecified atom stereocenters. The molecule has 5 nitrogen and oxygen atoms in total. The van der Waals surface area contributed by atoms with Gasteiger partial charge in [-0.1, -0.05) is 0 Å². The number of nitrogens with one attached hydrogen (secondary N) is 1. The molecule has 0 aliphatic heterocycles. The van der Waals surface area contributed by atoms with E-state index in [4.69, 9.17) is 5.73 Å². The third-order valence-corrected chi connectivity index (χ3v) is 2.51. The van der Waals surface area contributed by atoms with Crippen LogP contribution in [0, 0.1) is 27.6 Å². The van der Waals surface area contributed by atoms with Gasteiger partial charge in [-0.15, -0.1) is 0 Å². The summed E-state index contributed by atoms with van der Waals surface area (Å²) in [7, 11) is 0. The van der Waals surface area contributed by atoms with Gasteiger partial charge in [-0.25, -0.2) is 13.2 Å². The van der Waals surface area contributed by atoms with Crippen LogP contribution in [0.5, 0.6) is 0 Å². The van der Waals surface area contributed by atoms with Gasteiger partial charge in [0, 0.05) is 24.3 Å². The van der Waals surface area contributed by atoms with Gasteiger partial charge in [0.25, 0.3) is 5.69 Å². The maximum Gasteiger partial charge on any atom is 0.271 e. The summed E-state index contributed by atoms with van der Waals surface area (Å²) in [5.74, 6) is -3.59. The maximum atomic E-state index is 13.5. The predicted octanol–water partition coefficient (Wildman–Crippen LogP) is 3.34. The second-order valence-corrected chi connectivity index (χ2v) is 3.90. The lowest BCUT2D eigenvalue weighted by atomic mass is 10.2. The molecule has 0 saturated carbocycles. The van der Waals surface area contributed by atoms with Gasteiger partial charge in [-0.05, 0) is 6.07 Å². The fourth-order valence-corrected chi connectivity index (χ4v) is 1.57. The van der Waals surface area contributed by atoms with E-state index in [9.17, 15) is 23.3 Å². The molecule has 0 saturated heterocycles. The van der Waals surface area contributed by atoms with Crippen LogP contribution in [0.25, 0.3) is 0 Å². The molecule has 0 aromatic heterocycles. The van der Waals surface area contributed by atoms with Gasteiger partial charge >= 0.3 is 0 Å². The minimum atomic E-state index is -1.35. The van der Waals surface area contributed by atoms with E-state index in [2.05, 4.69) is 5.32 Å². The molecule has 0 fully saturated rings. The molecule has 2 aromatic rings. The molecule has 2 aromatic carbocycles. The largest absolute Gasteiger partial charge is 0.397 e. The van der Waals surface area contributed by atoms with E-state index in [0.29, 0.717) is 6.07 Å². The summed E-state index contributed by atoms with van der Waals surface area (Å²) in [6, 6.07) is 4.55. The highest BCUT2D eigenvalue weighted by atomic mass is 19.2. The lowest BCUT2D eigenvalue weighted by Gasteiger charge is -2.10. The second kappa shape index (κ2) is 5.08. The molecule has 104 valence electrons. The van der Waals surface area contributed by atoms with Gasteiger partial charge in [0.1, 0.15) is 5.82 Å². The van der Waals surface area contributed by atoms with E-state index in [1.165, 1.54) is 6.07 Å². The van der Waals surface area contributed by atoms with E-state index in [1.807, 2.05) is 0 Å². The zero-order valence-corrected chi connectivity index (χ0v) is 9.86. The Balaban J connectivity index is 2.38. The number of benzene rings is 2. The molecule has 0 amide bonds. The van der Waals surface area contributed by atoms with E-state index in [0.717, 1.165) is 18.2 Å². The molecular formula is C12H8F3N3O2. The average Bonchev–Trinajstić information content (AvgIpc) is 2.37. The Bertz CT molecular complexity index is 692. The third-order valence-electron chi connectivity index (χ3n) is 2.51. The van der Waals surface area contributed by atoms with Gasteiger partial charge in [-0.2, -0.15) is 0 Å². The molecule has 20 heavy (non-hydrogen) atoms. The normalized spacial score (nSPS) is 10.3. The summed E-state index contributed by atoms with van der Waals surface area (Å²) >= 11 is 0. The van der Waals surface area contributed by atoms with Crippen molar-refractivity contribution < 1.29 is 18.1 Å². The number of anilines is 3. The van der Waals surface area contributed by atoms with Crippen LogP contribution in [0.2, 0.25) is 0 Å². The first-order chi connectivity index (χ1) is 9.38. The highest BCUT2D eigenvalue weighted by Crippen LogP contribution is 2.29. The first-order valence-electron chi connectivity index (χ1n) is 5.34. The Morgan fingerprint density at radius 2 is 1.80 bits per heavy atom. The number of rotatable bonds is 3. The molecule has 0 radical (unpaired) electrons. The number of nitro groups is 1. The number of hydrogen-bond acceptors (Lipinski definition) is 4. The molecular weight excluding hydrogens is 275 g/mol. The number of non-ortho nitro benzene ring substituents is 1. The monoisotopic (exact) mass is 283 g/mol. The topological polar surface area (TPSA) is 81.2 Å². The van der Waals surface area contributed by atoms with Crippen molar-refractivity contribution >= 4 is 22.7 Å². The van der Waals surface area contributed by atoms with Gasteiger partial charge in [-0.3, -0.25) is 10.1 Å². The molecule has 0 heterocycles. The lowest BCUT2D eigenvalue weighted by molar-refractivity contribution is -0.384. The molecule has 0 bridgehead atoms. The number of nitrogens with zero attached hydrogens (tertiary/aromatic N) is 1. The number of nitro benzene ring substituents is 1. The van der Waals surface area contributed by atoms with Gasteiger partial charge in [0.15, 0.2) is 11.6 Å². The van der Waals surface area contributed by atoms with E-state index < -0.39 is 28.1 Å². The van der Waals surface area contributed by atoms with Crippen molar-refractivity contribution in [3.63, 3.8) is 0 Å². The van der Waals surface area contributed by atoms with Crippen LogP contribution in [0.15, 0.2) is 30.3 Å². The highest BCUT2D eigenvalue weighted by Gasteiger charge is 2.14. The average molecular weight is 283 g/mol. The quantitative estimate of drug-likeness (QED) is 0.392. The summed E-state index contributed by atoms with van der Waals surface area (Å²) < 4.78 is 39.5. The SMILES string of the molecule is Nc1cc([N+](=O)[O-])ccc1Nc1cc(F)cc(F)c1F. The van der Waals surface area contributed by atoms with Crippen molar-refractivity contribution in [1.82, 2.24) is 0 Å². The van der Waals surface area contributed by atoms with Crippen LogP contribution in [0.4, 0.5) is 35.9 Å². The summed E-state index contributed by atoms with van der Waals surface area (Å²) in [5.41, 5.74) is 4.89. The molecule has 0 spiro atoms. The Kier molecular flexibility index (Phi) is 3.47. The first-order valence-corrected chi connectivity index (χ1v) is 5.34. The van der Waals surface area contributed by atoms with Crippen molar-refractivity contribution in [2.24, 2.45) is 0 Å². The zero-order valence-electron chi connectivity index (χ0n) is 9.86. The Labute approximate surface area is 111 Å². The molecule has 0 aliphatic carbocycles. The van der Waals surface area contributed by atoms with Crippen LogP contribution in [0.1, 0.15) is 0 Å². The van der Waals surface area contributed by atoms with Gasteiger partial charge in [0.2, 0.25) is 0 Å². The zero-order chi connectivity index (χ0) is 14.9. The van der Waals surface area contributed by atoms with E-state index in [-0.39, 0.29) is 17.1 Å². The Morgan fingerprint density at radius 1 is 1.10 bits per heavy atom. The van der Waals surface area contributed by atoms with Gasteiger partial charge in [0.05, 0.1) is 22.0 Å². The standard InChI is InChI=1S/C12H8F3N3O2/c13-6-3-8(14)12(15)11(4-6)17-10-2-1-7(18(19)20)5-9(10)16/h1-5,17H,16H2. The van der Waals surface area contributed by atoms with Crippen molar-refractivity contribution in [2.45, 2.75) is 0 Å². The van der Waals surface area contributed by atoms with Crippen LogP contribution in [-0.4, -0.2) is 4.92 Å². The molecule has 3 N–H and O–H groups in total. The number of nitrogens with two attached hydrogens (primary N) is 1. The summed E-state index contributed by atoms with van der Waals surface area (Å²) in [4.78, 5) is 9.89. The van der Waals surface area contributed by atoms with E-state index >= 15 is 0 Å². The minimum absolute atomic E-state index is 0.0525. The lowest BCUT2D eigenvalue weighted by Crippen LogP contribution is -2.01.